The third kappa shape index (κ3) is 38.8. The van der Waals surface area contributed by atoms with Crippen LogP contribution in [0.3, 0.4) is 0 Å². The van der Waals surface area contributed by atoms with Crippen molar-refractivity contribution < 1.29 is 29.3 Å². The van der Waals surface area contributed by atoms with E-state index in [-0.39, 0.29) is 31.8 Å². The maximum absolute atomic E-state index is 12.1. The lowest BCUT2D eigenvalue weighted by Gasteiger charge is -2.15. The summed E-state index contributed by atoms with van der Waals surface area (Å²) in [6.07, 6.45) is 32.9. The molecule has 0 aliphatic heterocycles. The van der Waals surface area contributed by atoms with E-state index in [0.29, 0.717) is 19.4 Å². The highest BCUT2D eigenvalue weighted by molar-refractivity contribution is 5.70. The zero-order chi connectivity index (χ0) is 32.8. The number of ether oxygens (including phenoxy) is 2. The van der Waals surface area contributed by atoms with Crippen molar-refractivity contribution >= 4 is 11.9 Å². The van der Waals surface area contributed by atoms with Gasteiger partial charge in [-0.3, -0.25) is 9.59 Å². The zero-order valence-corrected chi connectivity index (χ0v) is 29.3. The van der Waals surface area contributed by atoms with Crippen molar-refractivity contribution in [3.63, 3.8) is 0 Å². The second-order valence-electron chi connectivity index (χ2n) is 12.5. The van der Waals surface area contributed by atoms with E-state index in [9.17, 15) is 14.7 Å². The van der Waals surface area contributed by atoms with E-state index in [1.807, 2.05) is 0 Å². The number of rotatable bonds is 33. The average molecular weight is 630 g/mol. The van der Waals surface area contributed by atoms with Crippen LogP contribution in [0.2, 0.25) is 0 Å². The first-order chi connectivity index (χ1) is 21.5. The van der Waals surface area contributed by atoms with Gasteiger partial charge in [0.05, 0.1) is 13.2 Å². The fourth-order valence-electron chi connectivity index (χ4n) is 5.20. The Kier molecular flexibility index (Phi) is 40.7. The molecule has 4 N–H and O–H groups in total. The summed E-state index contributed by atoms with van der Waals surface area (Å²) < 4.78 is 10.6. The molecule has 0 saturated heterocycles. The monoisotopic (exact) mass is 630 g/mol. The summed E-state index contributed by atoms with van der Waals surface area (Å²) in [4.78, 5) is 24.1. The van der Waals surface area contributed by atoms with Crippen molar-refractivity contribution in [1.29, 1.82) is 0 Å². The Morgan fingerprint density at radius 2 is 0.818 bits per heavy atom. The van der Waals surface area contributed by atoms with Crippen LogP contribution in [0.15, 0.2) is 0 Å². The second-order valence-corrected chi connectivity index (χ2v) is 12.5. The molecule has 44 heavy (non-hydrogen) atoms. The number of hydrogen-bond donors (Lipinski definition) is 3. The fraction of sp³-hybridized carbons (Fsp3) is 0.946. The number of unbranched alkanes of at least 4 members (excludes halogenated alkanes) is 24. The summed E-state index contributed by atoms with van der Waals surface area (Å²) in [6, 6.07) is 0. The van der Waals surface area contributed by atoms with Gasteiger partial charge in [-0.25, -0.2) is 0 Å². The number of carbonyl (C=O) groups is 2. The molecule has 0 heterocycles. The quantitative estimate of drug-likeness (QED) is 0.0489. The molecule has 1 unspecified atom stereocenters. The number of aliphatic hydroxyl groups is 2. The van der Waals surface area contributed by atoms with E-state index in [4.69, 9.17) is 20.3 Å². The lowest BCUT2D eigenvalue weighted by atomic mass is 10.0. The zero-order valence-electron chi connectivity index (χ0n) is 29.3. The van der Waals surface area contributed by atoms with Gasteiger partial charge in [0.2, 0.25) is 0 Å². The van der Waals surface area contributed by atoms with Crippen LogP contribution < -0.4 is 5.73 Å². The minimum atomic E-state index is -0.759. The van der Waals surface area contributed by atoms with Crippen LogP contribution in [0.5, 0.6) is 0 Å². The summed E-state index contributed by atoms with van der Waals surface area (Å²) in [5, 5.41) is 17.3. The Bertz CT molecular complexity index is 572. The van der Waals surface area contributed by atoms with Crippen LogP contribution in [-0.4, -0.2) is 54.6 Å². The molecular weight excluding hydrogens is 554 g/mol. The summed E-state index contributed by atoms with van der Waals surface area (Å²) >= 11 is 0. The molecule has 7 nitrogen and oxygen atoms in total. The number of aliphatic hydroxyl groups excluding tert-OH is 2. The smallest absolute Gasteiger partial charge is 0.306 e. The first kappa shape index (κ1) is 44.9. The lowest BCUT2D eigenvalue weighted by molar-refractivity contribution is -0.161. The summed E-state index contributed by atoms with van der Waals surface area (Å²) in [6.45, 7) is 4.61. The maximum atomic E-state index is 12.1. The molecule has 264 valence electrons. The molecule has 0 saturated carbocycles. The van der Waals surface area contributed by atoms with Gasteiger partial charge in [0.1, 0.15) is 6.61 Å². The standard InChI is InChI=1S/C35H68O5.C2H7NO/c1-3-5-7-9-11-13-15-17-19-21-23-25-27-29-34(37)39-32-33(31-36)40-35(38)30-28-26-24-22-20-18-16-14-12-10-8-6-4-2;3-1-2-4/h33,36H,3-32H2,1-2H3;4H,1-3H2. The molecule has 0 aromatic rings. The molecule has 0 aliphatic carbocycles. The van der Waals surface area contributed by atoms with Crippen molar-refractivity contribution in [2.75, 3.05) is 26.4 Å². The molecule has 0 rings (SSSR count). The van der Waals surface area contributed by atoms with Crippen LogP contribution in [0.25, 0.3) is 0 Å². The highest BCUT2D eigenvalue weighted by Gasteiger charge is 2.16. The molecule has 0 amide bonds. The molecule has 0 aromatic heterocycles. The molecule has 1 atom stereocenters. The Morgan fingerprint density at radius 1 is 0.523 bits per heavy atom. The second kappa shape index (κ2) is 39.8. The van der Waals surface area contributed by atoms with Gasteiger partial charge in [0.25, 0.3) is 0 Å². The van der Waals surface area contributed by atoms with Crippen molar-refractivity contribution in [3.05, 3.63) is 0 Å². The predicted molar refractivity (Wildman–Crippen MR) is 185 cm³/mol. The third-order valence-corrected chi connectivity index (χ3v) is 8.03. The summed E-state index contributed by atoms with van der Waals surface area (Å²) in [5.41, 5.74) is 4.78. The van der Waals surface area contributed by atoms with Crippen LogP contribution in [0.4, 0.5) is 0 Å². The van der Waals surface area contributed by atoms with Crippen LogP contribution in [-0.2, 0) is 19.1 Å². The van der Waals surface area contributed by atoms with E-state index in [1.54, 1.807) is 0 Å². The number of esters is 2. The number of hydrogen-bond acceptors (Lipinski definition) is 7. The van der Waals surface area contributed by atoms with Crippen molar-refractivity contribution in [2.24, 2.45) is 5.73 Å². The third-order valence-electron chi connectivity index (χ3n) is 8.03. The number of carbonyl (C=O) groups excluding carboxylic acids is 2. The molecule has 0 aromatic carbocycles. The highest BCUT2D eigenvalue weighted by Crippen LogP contribution is 2.15. The van der Waals surface area contributed by atoms with E-state index < -0.39 is 6.10 Å². The Labute approximate surface area is 272 Å². The first-order valence-electron chi connectivity index (χ1n) is 18.8. The molecule has 0 bridgehead atoms. The minimum absolute atomic E-state index is 0.0574. The fourth-order valence-corrected chi connectivity index (χ4v) is 5.20. The highest BCUT2D eigenvalue weighted by atomic mass is 16.6. The molecule has 0 fully saturated rings. The van der Waals surface area contributed by atoms with Crippen LogP contribution in [0, 0.1) is 0 Å². The molecule has 0 aliphatic rings. The van der Waals surface area contributed by atoms with Crippen LogP contribution in [0.1, 0.15) is 194 Å². The van der Waals surface area contributed by atoms with E-state index in [1.165, 1.54) is 135 Å². The maximum Gasteiger partial charge on any atom is 0.306 e. The molecular formula is C37H75NO6. The molecule has 0 radical (unpaired) electrons. The molecule has 7 heteroatoms. The molecule has 0 spiro atoms. The van der Waals surface area contributed by atoms with Gasteiger partial charge in [-0.2, -0.15) is 0 Å². The van der Waals surface area contributed by atoms with Gasteiger partial charge in [0.15, 0.2) is 6.10 Å². The SMILES string of the molecule is CCCCCCCCCCCCCCCC(=O)OCC(CO)OC(=O)CCCCCCCCCCCCCCC.NCCO. The van der Waals surface area contributed by atoms with Crippen molar-refractivity contribution in [3.8, 4) is 0 Å². The van der Waals surface area contributed by atoms with Crippen LogP contribution >= 0.6 is 0 Å². The van der Waals surface area contributed by atoms with Gasteiger partial charge in [-0.1, -0.05) is 168 Å². The topological polar surface area (TPSA) is 119 Å². The van der Waals surface area contributed by atoms with Gasteiger partial charge in [-0.15, -0.1) is 0 Å². The Balaban J connectivity index is 0. The summed E-state index contributed by atoms with van der Waals surface area (Å²) in [5.74, 6) is -0.580. The van der Waals surface area contributed by atoms with Gasteiger partial charge >= 0.3 is 11.9 Å². The van der Waals surface area contributed by atoms with Crippen molar-refractivity contribution in [2.45, 2.75) is 200 Å². The largest absolute Gasteiger partial charge is 0.462 e. The Hall–Kier alpha value is -1.18. The minimum Gasteiger partial charge on any atom is -0.462 e. The number of nitrogens with two attached hydrogens (primary N) is 1. The van der Waals surface area contributed by atoms with Gasteiger partial charge < -0.3 is 25.4 Å². The normalized spacial score (nSPS) is 11.6. The van der Waals surface area contributed by atoms with E-state index >= 15 is 0 Å². The first-order valence-corrected chi connectivity index (χ1v) is 18.8. The van der Waals surface area contributed by atoms with Gasteiger partial charge in [0, 0.05) is 19.4 Å². The Morgan fingerprint density at radius 3 is 1.11 bits per heavy atom. The van der Waals surface area contributed by atoms with Crippen molar-refractivity contribution in [1.82, 2.24) is 0 Å². The average Bonchev–Trinajstić information content (AvgIpc) is 3.03. The predicted octanol–water partition coefficient (Wildman–Crippen LogP) is 9.33. The van der Waals surface area contributed by atoms with E-state index in [0.717, 1.165) is 32.1 Å². The van der Waals surface area contributed by atoms with E-state index in [2.05, 4.69) is 13.8 Å². The summed E-state index contributed by atoms with van der Waals surface area (Å²) in [7, 11) is 0. The van der Waals surface area contributed by atoms with Gasteiger partial charge in [-0.05, 0) is 12.8 Å². The lowest BCUT2D eigenvalue weighted by Crippen LogP contribution is -2.28.